The van der Waals surface area contributed by atoms with Crippen molar-refractivity contribution >= 4 is 23.5 Å². The van der Waals surface area contributed by atoms with E-state index in [1.165, 1.54) is 0 Å². The zero-order valence-corrected chi connectivity index (χ0v) is 13.5. The Morgan fingerprint density at radius 1 is 1.35 bits per heavy atom. The SMILES string of the molecule is CC[C@@H](C)NC(=O)COC(=O)c1ccccc1N1CCCC1=O. The summed E-state index contributed by atoms with van der Waals surface area (Å²) in [6.07, 6.45) is 2.07. The van der Waals surface area contributed by atoms with Crippen molar-refractivity contribution in [2.24, 2.45) is 0 Å². The average Bonchev–Trinajstić information content (AvgIpc) is 2.98. The standard InChI is InChI=1S/C17H22N2O4/c1-3-12(2)18-15(20)11-23-17(22)13-7-4-5-8-14(13)19-10-6-9-16(19)21/h4-5,7-8,12H,3,6,9-11H2,1-2H3,(H,18,20)/t12-/m1/s1. The lowest BCUT2D eigenvalue weighted by atomic mass is 10.1. The van der Waals surface area contributed by atoms with Gasteiger partial charge in [-0.25, -0.2) is 4.79 Å². The number of nitrogens with zero attached hydrogens (tertiary/aromatic N) is 1. The Kier molecular flexibility index (Phi) is 5.73. The molecular weight excluding hydrogens is 296 g/mol. The number of esters is 1. The normalized spacial score (nSPS) is 15.4. The van der Waals surface area contributed by atoms with Crippen LogP contribution in [0.3, 0.4) is 0 Å². The maximum Gasteiger partial charge on any atom is 0.340 e. The summed E-state index contributed by atoms with van der Waals surface area (Å²) in [5.74, 6) is -0.929. The minimum absolute atomic E-state index is 0.000219. The van der Waals surface area contributed by atoms with Crippen LogP contribution >= 0.6 is 0 Å². The van der Waals surface area contributed by atoms with E-state index in [1.807, 2.05) is 13.8 Å². The summed E-state index contributed by atoms with van der Waals surface area (Å²) >= 11 is 0. The molecule has 0 aliphatic carbocycles. The summed E-state index contributed by atoms with van der Waals surface area (Å²) in [6, 6.07) is 6.85. The van der Waals surface area contributed by atoms with E-state index in [2.05, 4.69) is 5.32 Å². The van der Waals surface area contributed by atoms with E-state index in [9.17, 15) is 14.4 Å². The van der Waals surface area contributed by atoms with Gasteiger partial charge in [0, 0.05) is 19.0 Å². The van der Waals surface area contributed by atoms with Crippen molar-refractivity contribution in [1.82, 2.24) is 5.32 Å². The van der Waals surface area contributed by atoms with Crippen LogP contribution in [0.2, 0.25) is 0 Å². The Labute approximate surface area is 135 Å². The smallest absolute Gasteiger partial charge is 0.340 e. The Hall–Kier alpha value is -2.37. The highest BCUT2D eigenvalue weighted by molar-refractivity contribution is 6.03. The van der Waals surface area contributed by atoms with Crippen molar-refractivity contribution in [1.29, 1.82) is 0 Å². The molecule has 1 aliphatic rings. The minimum Gasteiger partial charge on any atom is -0.452 e. The van der Waals surface area contributed by atoms with E-state index >= 15 is 0 Å². The molecule has 1 saturated heterocycles. The summed E-state index contributed by atoms with van der Waals surface area (Å²) < 4.78 is 5.08. The summed E-state index contributed by atoms with van der Waals surface area (Å²) in [4.78, 5) is 37.4. The Morgan fingerprint density at radius 3 is 2.74 bits per heavy atom. The lowest BCUT2D eigenvalue weighted by Gasteiger charge is -2.19. The van der Waals surface area contributed by atoms with Gasteiger partial charge in [0.25, 0.3) is 5.91 Å². The van der Waals surface area contributed by atoms with Gasteiger partial charge in [0.15, 0.2) is 6.61 Å². The molecule has 1 atom stereocenters. The molecule has 0 unspecified atom stereocenters. The molecule has 2 rings (SSSR count). The fraction of sp³-hybridized carbons (Fsp3) is 0.471. The zero-order valence-electron chi connectivity index (χ0n) is 13.5. The van der Waals surface area contributed by atoms with Gasteiger partial charge in [-0.2, -0.15) is 0 Å². The number of carbonyl (C=O) groups excluding carboxylic acids is 3. The summed E-state index contributed by atoms with van der Waals surface area (Å²) in [5.41, 5.74) is 0.849. The first kappa shape index (κ1) is 17.0. The number of hydrogen-bond acceptors (Lipinski definition) is 4. The molecule has 2 amide bonds. The van der Waals surface area contributed by atoms with Crippen LogP contribution in [0.5, 0.6) is 0 Å². The molecule has 0 spiro atoms. The average molecular weight is 318 g/mol. The van der Waals surface area contributed by atoms with Crippen molar-refractivity contribution in [3.05, 3.63) is 29.8 Å². The third-order valence-electron chi connectivity index (χ3n) is 3.84. The van der Waals surface area contributed by atoms with Gasteiger partial charge in [0.2, 0.25) is 5.91 Å². The number of benzene rings is 1. The first-order valence-corrected chi connectivity index (χ1v) is 7.88. The van der Waals surface area contributed by atoms with Crippen LogP contribution in [0.4, 0.5) is 5.69 Å². The van der Waals surface area contributed by atoms with Gasteiger partial charge in [-0.1, -0.05) is 19.1 Å². The molecule has 124 valence electrons. The summed E-state index contributed by atoms with van der Waals surface area (Å²) in [6.45, 7) is 4.11. The molecule has 1 N–H and O–H groups in total. The van der Waals surface area contributed by atoms with Crippen LogP contribution in [0.25, 0.3) is 0 Å². The Balaban J connectivity index is 2.02. The Bertz CT molecular complexity index is 600. The fourth-order valence-electron chi connectivity index (χ4n) is 2.41. The van der Waals surface area contributed by atoms with E-state index < -0.39 is 5.97 Å². The molecule has 6 nitrogen and oxygen atoms in total. The predicted octanol–water partition coefficient (Wildman–Crippen LogP) is 1.88. The predicted molar refractivity (Wildman–Crippen MR) is 86.2 cm³/mol. The second-order valence-electron chi connectivity index (χ2n) is 5.62. The molecule has 1 aliphatic heterocycles. The van der Waals surface area contributed by atoms with Gasteiger partial charge in [0.1, 0.15) is 0 Å². The lowest BCUT2D eigenvalue weighted by Crippen LogP contribution is -2.35. The number of rotatable bonds is 6. The molecule has 0 radical (unpaired) electrons. The molecule has 1 fully saturated rings. The van der Waals surface area contributed by atoms with Gasteiger partial charge in [-0.05, 0) is 31.9 Å². The number of nitrogens with one attached hydrogen (secondary N) is 1. The maximum atomic E-state index is 12.2. The number of carbonyl (C=O) groups is 3. The highest BCUT2D eigenvalue weighted by atomic mass is 16.5. The van der Waals surface area contributed by atoms with Gasteiger partial charge in [0.05, 0.1) is 11.3 Å². The zero-order chi connectivity index (χ0) is 16.8. The van der Waals surface area contributed by atoms with Gasteiger partial charge in [-0.3, -0.25) is 9.59 Å². The molecular formula is C17H22N2O4. The maximum absolute atomic E-state index is 12.2. The quantitative estimate of drug-likeness (QED) is 0.813. The second kappa shape index (κ2) is 7.76. The summed E-state index contributed by atoms with van der Waals surface area (Å²) in [5, 5.41) is 2.73. The highest BCUT2D eigenvalue weighted by Crippen LogP contribution is 2.25. The van der Waals surface area contributed by atoms with Crippen LogP contribution in [-0.2, 0) is 14.3 Å². The second-order valence-corrected chi connectivity index (χ2v) is 5.62. The largest absolute Gasteiger partial charge is 0.452 e. The first-order chi connectivity index (χ1) is 11.0. The van der Waals surface area contributed by atoms with Crippen molar-refractivity contribution in [3.8, 4) is 0 Å². The van der Waals surface area contributed by atoms with Crippen molar-refractivity contribution in [3.63, 3.8) is 0 Å². The van der Waals surface area contributed by atoms with Crippen molar-refractivity contribution in [2.75, 3.05) is 18.1 Å². The number of para-hydroxylation sites is 1. The van der Waals surface area contributed by atoms with Crippen LogP contribution in [0, 0.1) is 0 Å². The van der Waals surface area contributed by atoms with Gasteiger partial charge < -0.3 is 15.0 Å². The monoisotopic (exact) mass is 318 g/mol. The first-order valence-electron chi connectivity index (χ1n) is 7.88. The number of ether oxygens (including phenoxy) is 1. The Morgan fingerprint density at radius 2 is 2.09 bits per heavy atom. The van der Waals surface area contributed by atoms with E-state index in [1.54, 1.807) is 29.2 Å². The third-order valence-corrected chi connectivity index (χ3v) is 3.84. The highest BCUT2D eigenvalue weighted by Gasteiger charge is 2.26. The number of amides is 2. The third kappa shape index (κ3) is 4.31. The molecule has 1 heterocycles. The number of hydrogen-bond donors (Lipinski definition) is 1. The van der Waals surface area contributed by atoms with E-state index in [-0.39, 0.29) is 24.5 Å². The fourth-order valence-corrected chi connectivity index (χ4v) is 2.41. The summed E-state index contributed by atoms with van der Waals surface area (Å²) in [7, 11) is 0. The molecule has 6 heteroatoms. The number of anilines is 1. The molecule has 23 heavy (non-hydrogen) atoms. The van der Waals surface area contributed by atoms with E-state index in [0.717, 1.165) is 12.8 Å². The lowest BCUT2D eigenvalue weighted by molar-refractivity contribution is -0.124. The van der Waals surface area contributed by atoms with E-state index in [4.69, 9.17) is 4.74 Å². The van der Waals surface area contributed by atoms with E-state index in [0.29, 0.717) is 24.2 Å². The van der Waals surface area contributed by atoms with Crippen molar-refractivity contribution in [2.45, 2.75) is 39.2 Å². The van der Waals surface area contributed by atoms with Crippen LogP contribution in [-0.4, -0.2) is 37.0 Å². The van der Waals surface area contributed by atoms with Gasteiger partial charge in [-0.15, -0.1) is 0 Å². The molecule has 1 aromatic rings. The molecule has 0 bridgehead atoms. The molecule has 1 aromatic carbocycles. The van der Waals surface area contributed by atoms with Crippen molar-refractivity contribution < 1.29 is 19.1 Å². The van der Waals surface area contributed by atoms with Crippen LogP contribution in [0.1, 0.15) is 43.5 Å². The van der Waals surface area contributed by atoms with Gasteiger partial charge >= 0.3 is 5.97 Å². The van der Waals surface area contributed by atoms with Crippen LogP contribution < -0.4 is 10.2 Å². The van der Waals surface area contributed by atoms with Crippen LogP contribution in [0.15, 0.2) is 24.3 Å². The topological polar surface area (TPSA) is 75.7 Å². The molecule has 0 aromatic heterocycles. The molecule has 0 saturated carbocycles. The minimum atomic E-state index is -0.598.